The molecule has 0 bridgehead atoms. The lowest BCUT2D eigenvalue weighted by atomic mass is 9.91. The van der Waals surface area contributed by atoms with Crippen molar-refractivity contribution in [3.63, 3.8) is 0 Å². The highest BCUT2D eigenvalue weighted by molar-refractivity contribution is 5.67. The summed E-state index contributed by atoms with van der Waals surface area (Å²) >= 11 is 0. The van der Waals surface area contributed by atoms with Crippen molar-refractivity contribution in [3.05, 3.63) is 35.9 Å². The standard InChI is InChI=1S/C15H18O5/c1-10(16)19-14(12-6-4-3-5-7-12)15(20-11(2)17)13-8-18-9-13/h3-7,13-15H,8-9H2,1-2H3/t14-,15-/m0/s1. The fraction of sp³-hybridized carbons (Fsp3) is 0.467. The summed E-state index contributed by atoms with van der Waals surface area (Å²) in [7, 11) is 0. The van der Waals surface area contributed by atoms with Crippen LogP contribution in [0.25, 0.3) is 0 Å². The first-order chi connectivity index (χ1) is 9.58. The summed E-state index contributed by atoms with van der Waals surface area (Å²) in [6.07, 6.45) is -1.13. The molecule has 1 aliphatic rings. The number of esters is 2. The van der Waals surface area contributed by atoms with Crippen LogP contribution < -0.4 is 0 Å². The van der Waals surface area contributed by atoms with Gasteiger partial charge in [-0.15, -0.1) is 0 Å². The van der Waals surface area contributed by atoms with Crippen molar-refractivity contribution < 1.29 is 23.8 Å². The fourth-order valence-electron chi connectivity index (χ4n) is 2.19. The highest BCUT2D eigenvalue weighted by atomic mass is 16.6. The first-order valence-corrected chi connectivity index (χ1v) is 6.55. The number of carbonyl (C=O) groups excluding carboxylic acids is 2. The average Bonchev–Trinajstić information content (AvgIpc) is 2.33. The van der Waals surface area contributed by atoms with Crippen LogP contribution >= 0.6 is 0 Å². The first kappa shape index (κ1) is 14.5. The number of hydrogen-bond donors (Lipinski definition) is 0. The molecule has 1 aromatic rings. The predicted octanol–water partition coefficient (Wildman–Crippen LogP) is 1.87. The van der Waals surface area contributed by atoms with E-state index in [4.69, 9.17) is 14.2 Å². The van der Waals surface area contributed by atoms with Crippen molar-refractivity contribution in [3.8, 4) is 0 Å². The summed E-state index contributed by atoms with van der Waals surface area (Å²) in [5.74, 6) is -0.755. The Morgan fingerprint density at radius 3 is 2.15 bits per heavy atom. The van der Waals surface area contributed by atoms with E-state index in [0.29, 0.717) is 13.2 Å². The molecule has 0 aliphatic carbocycles. The lowest BCUT2D eigenvalue weighted by Gasteiger charge is -2.37. The highest BCUT2D eigenvalue weighted by Crippen LogP contribution is 2.32. The van der Waals surface area contributed by atoms with Crippen LogP contribution in [0.15, 0.2) is 30.3 Å². The highest BCUT2D eigenvalue weighted by Gasteiger charge is 2.39. The van der Waals surface area contributed by atoms with Gasteiger partial charge in [-0.1, -0.05) is 30.3 Å². The van der Waals surface area contributed by atoms with Gasteiger partial charge in [0.15, 0.2) is 12.2 Å². The molecule has 0 amide bonds. The summed E-state index contributed by atoms with van der Waals surface area (Å²) in [4.78, 5) is 22.7. The zero-order chi connectivity index (χ0) is 14.5. The maximum Gasteiger partial charge on any atom is 0.303 e. The second kappa shape index (κ2) is 6.52. The number of ether oxygens (including phenoxy) is 3. The van der Waals surface area contributed by atoms with Gasteiger partial charge in [-0.05, 0) is 5.56 Å². The molecule has 0 saturated carbocycles. The molecule has 5 heteroatoms. The van der Waals surface area contributed by atoms with Gasteiger partial charge in [0.05, 0.1) is 13.2 Å². The van der Waals surface area contributed by atoms with Crippen molar-refractivity contribution in [1.29, 1.82) is 0 Å². The van der Waals surface area contributed by atoms with Crippen LogP contribution in [0, 0.1) is 5.92 Å². The lowest BCUT2D eigenvalue weighted by Crippen LogP contribution is -2.44. The van der Waals surface area contributed by atoms with Crippen LogP contribution in [0.5, 0.6) is 0 Å². The van der Waals surface area contributed by atoms with E-state index >= 15 is 0 Å². The Balaban J connectivity index is 2.25. The Morgan fingerprint density at radius 1 is 1.10 bits per heavy atom. The third-order valence-corrected chi connectivity index (χ3v) is 3.15. The van der Waals surface area contributed by atoms with Crippen molar-refractivity contribution in [1.82, 2.24) is 0 Å². The number of rotatable bonds is 5. The first-order valence-electron chi connectivity index (χ1n) is 6.55. The Bertz CT molecular complexity index is 466. The van der Waals surface area contributed by atoms with Crippen molar-refractivity contribution in [2.75, 3.05) is 13.2 Å². The van der Waals surface area contributed by atoms with E-state index in [-0.39, 0.29) is 5.92 Å². The maximum atomic E-state index is 11.4. The molecule has 0 N–H and O–H groups in total. The lowest BCUT2D eigenvalue weighted by molar-refractivity contribution is -0.187. The molecule has 1 fully saturated rings. The van der Waals surface area contributed by atoms with Gasteiger partial charge in [0, 0.05) is 19.8 Å². The molecular formula is C15H18O5. The number of benzene rings is 1. The van der Waals surface area contributed by atoms with Crippen LogP contribution in [-0.4, -0.2) is 31.3 Å². The van der Waals surface area contributed by atoms with Crippen molar-refractivity contribution in [2.24, 2.45) is 5.92 Å². The van der Waals surface area contributed by atoms with Gasteiger partial charge < -0.3 is 14.2 Å². The van der Waals surface area contributed by atoms with Gasteiger partial charge in [-0.25, -0.2) is 0 Å². The van der Waals surface area contributed by atoms with E-state index in [1.807, 2.05) is 30.3 Å². The molecule has 108 valence electrons. The third-order valence-electron chi connectivity index (χ3n) is 3.15. The third kappa shape index (κ3) is 3.57. The normalized spacial score (nSPS) is 17.7. The van der Waals surface area contributed by atoms with Gasteiger partial charge in [-0.2, -0.15) is 0 Å². The summed E-state index contributed by atoms with van der Waals surface area (Å²) in [5, 5.41) is 0. The predicted molar refractivity (Wildman–Crippen MR) is 70.8 cm³/mol. The van der Waals surface area contributed by atoms with Gasteiger partial charge in [0.25, 0.3) is 0 Å². The fourth-order valence-corrected chi connectivity index (χ4v) is 2.19. The molecule has 20 heavy (non-hydrogen) atoms. The Hall–Kier alpha value is -1.88. The van der Waals surface area contributed by atoms with E-state index in [2.05, 4.69) is 0 Å². The van der Waals surface area contributed by atoms with Gasteiger partial charge in [-0.3, -0.25) is 9.59 Å². The Morgan fingerprint density at radius 2 is 1.70 bits per heavy atom. The zero-order valence-corrected chi connectivity index (χ0v) is 11.6. The minimum atomic E-state index is -0.605. The SMILES string of the molecule is CC(=O)O[C@@H](c1ccccc1)[C@@H](OC(C)=O)C1COC1. The summed E-state index contributed by atoms with van der Waals surface area (Å²) in [6.45, 7) is 3.70. The topological polar surface area (TPSA) is 61.8 Å². The van der Waals surface area contributed by atoms with Gasteiger partial charge in [0.1, 0.15) is 0 Å². The Labute approximate surface area is 117 Å². The summed E-state index contributed by atoms with van der Waals surface area (Å²) in [6, 6.07) is 9.29. The molecule has 1 heterocycles. The van der Waals surface area contributed by atoms with E-state index in [1.54, 1.807) is 0 Å². The van der Waals surface area contributed by atoms with Crippen LogP contribution in [0.1, 0.15) is 25.5 Å². The number of hydrogen-bond acceptors (Lipinski definition) is 5. The van der Waals surface area contributed by atoms with Gasteiger partial charge >= 0.3 is 11.9 Å². The second-order valence-electron chi connectivity index (χ2n) is 4.81. The van der Waals surface area contributed by atoms with E-state index in [0.717, 1.165) is 5.56 Å². The Kier molecular flexibility index (Phi) is 4.74. The summed E-state index contributed by atoms with van der Waals surface area (Å²) < 4.78 is 15.9. The average molecular weight is 278 g/mol. The van der Waals surface area contributed by atoms with Crippen LogP contribution in [0.2, 0.25) is 0 Å². The summed E-state index contributed by atoms with van der Waals surface area (Å²) in [5.41, 5.74) is 0.806. The smallest absolute Gasteiger partial charge is 0.303 e. The van der Waals surface area contributed by atoms with E-state index in [1.165, 1.54) is 13.8 Å². The molecule has 0 unspecified atom stereocenters. The monoisotopic (exact) mass is 278 g/mol. The molecule has 2 atom stereocenters. The molecule has 0 spiro atoms. The van der Waals surface area contributed by atoms with Crippen molar-refractivity contribution >= 4 is 11.9 Å². The molecular weight excluding hydrogens is 260 g/mol. The molecule has 5 nitrogen and oxygen atoms in total. The molecule has 2 rings (SSSR count). The minimum Gasteiger partial charge on any atom is -0.458 e. The van der Waals surface area contributed by atoms with Gasteiger partial charge in [0.2, 0.25) is 0 Å². The molecule has 1 aliphatic heterocycles. The zero-order valence-electron chi connectivity index (χ0n) is 11.6. The second-order valence-corrected chi connectivity index (χ2v) is 4.81. The maximum absolute atomic E-state index is 11.4. The van der Waals surface area contributed by atoms with E-state index in [9.17, 15) is 9.59 Å². The van der Waals surface area contributed by atoms with Crippen molar-refractivity contribution in [2.45, 2.75) is 26.1 Å². The molecule has 0 radical (unpaired) electrons. The van der Waals surface area contributed by atoms with Crippen LogP contribution in [-0.2, 0) is 23.8 Å². The van der Waals surface area contributed by atoms with Crippen LogP contribution in [0.4, 0.5) is 0 Å². The largest absolute Gasteiger partial charge is 0.458 e. The molecule has 1 aromatic carbocycles. The minimum absolute atomic E-state index is 0.0449. The number of carbonyl (C=O) groups is 2. The quantitative estimate of drug-likeness (QED) is 0.769. The molecule has 0 aromatic heterocycles. The van der Waals surface area contributed by atoms with Crippen LogP contribution in [0.3, 0.4) is 0 Å². The molecule has 1 saturated heterocycles. The van der Waals surface area contributed by atoms with E-state index < -0.39 is 24.1 Å².